The molecule has 0 amide bonds. The Bertz CT molecular complexity index is 436. The largest absolute Gasteiger partial charge is 0.260 e. The lowest BCUT2D eigenvalue weighted by atomic mass is 10.3. The predicted molar refractivity (Wildman–Crippen MR) is 53.4 cm³/mol. The second kappa shape index (κ2) is 2.75. The van der Waals surface area contributed by atoms with Crippen LogP contribution in [0.2, 0.25) is 5.02 Å². The zero-order valence-corrected chi connectivity index (χ0v) is 8.72. The van der Waals surface area contributed by atoms with Gasteiger partial charge < -0.3 is 0 Å². The summed E-state index contributed by atoms with van der Waals surface area (Å²) in [4.78, 5) is 0. The van der Waals surface area contributed by atoms with Crippen molar-refractivity contribution in [3.05, 3.63) is 27.8 Å². The molecule has 0 aliphatic rings. The first-order valence-electron chi connectivity index (χ1n) is 3.46. The molecular weight excluding hydrogens is 239 g/mol. The van der Waals surface area contributed by atoms with Crippen molar-refractivity contribution in [2.24, 2.45) is 7.05 Å². The molecule has 0 saturated carbocycles. The van der Waals surface area contributed by atoms with Crippen molar-refractivity contribution in [2.45, 2.75) is 0 Å². The minimum Gasteiger partial charge on any atom is -0.260 e. The Labute approximate surface area is 83.3 Å². The van der Waals surface area contributed by atoms with Crippen molar-refractivity contribution in [2.75, 3.05) is 0 Å². The molecule has 0 aliphatic heterocycles. The topological polar surface area (TPSA) is 17.8 Å². The fourth-order valence-electron chi connectivity index (χ4n) is 1.14. The molecule has 2 nitrogen and oxygen atoms in total. The van der Waals surface area contributed by atoms with Crippen molar-refractivity contribution in [1.82, 2.24) is 9.78 Å². The van der Waals surface area contributed by atoms with E-state index in [1.165, 1.54) is 0 Å². The maximum Gasteiger partial charge on any atom is 0.111 e. The minimum absolute atomic E-state index is 0.716. The third-order valence-corrected chi connectivity index (χ3v) is 2.90. The molecule has 0 atom stereocenters. The van der Waals surface area contributed by atoms with Gasteiger partial charge in [-0.2, -0.15) is 5.10 Å². The number of hydrogen-bond acceptors (Lipinski definition) is 1. The second-order valence-electron chi connectivity index (χ2n) is 2.58. The van der Waals surface area contributed by atoms with E-state index in [2.05, 4.69) is 21.0 Å². The number of nitrogens with zero attached hydrogens (tertiary/aromatic N) is 2. The summed E-state index contributed by atoms with van der Waals surface area (Å²) in [6, 6.07) is 5.66. The normalized spacial score (nSPS) is 10.9. The summed E-state index contributed by atoms with van der Waals surface area (Å²) in [6.45, 7) is 0. The first-order chi connectivity index (χ1) is 5.68. The van der Waals surface area contributed by atoms with E-state index < -0.39 is 0 Å². The van der Waals surface area contributed by atoms with Crippen LogP contribution in [-0.2, 0) is 7.05 Å². The van der Waals surface area contributed by atoms with E-state index in [4.69, 9.17) is 11.6 Å². The van der Waals surface area contributed by atoms with Gasteiger partial charge in [-0.05, 0) is 34.1 Å². The molecule has 12 heavy (non-hydrogen) atoms. The SMILES string of the molecule is Cn1nc2cc(Cl)ccc2c1Br. The molecule has 4 heteroatoms. The lowest BCUT2D eigenvalue weighted by molar-refractivity contribution is 0.761. The highest BCUT2D eigenvalue weighted by Crippen LogP contribution is 2.25. The Morgan fingerprint density at radius 1 is 1.50 bits per heavy atom. The van der Waals surface area contributed by atoms with Gasteiger partial charge in [0.05, 0.1) is 5.52 Å². The van der Waals surface area contributed by atoms with Crippen LogP contribution >= 0.6 is 27.5 Å². The molecule has 0 radical (unpaired) electrons. The summed E-state index contributed by atoms with van der Waals surface area (Å²) in [6.07, 6.45) is 0. The molecular formula is C8H6BrClN2. The van der Waals surface area contributed by atoms with E-state index in [1.807, 2.05) is 25.2 Å². The Balaban J connectivity index is 2.87. The maximum atomic E-state index is 5.82. The summed E-state index contributed by atoms with van der Waals surface area (Å²) in [5.41, 5.74) is 0.914. The summed E-state index contributed by atoms with van der Waals surface area (Å²) in [7, 11) is 1.89. The van der Waals surface area contributed by atoms with E-state index in [1.54, 1.807) is 4.68 Å². The molecule has 0 unspecified atom stereocenters. The van der Waals surface area contributed by atoms with Crippen LogP contribution in [0.15, 0.2) is 22.8 Å². The van der Waals surface area contributed by atoms with Gasteiger partial charge >= 0.3 is 0 Å². The molecule has 2 aromatic rings. The Kier molecular flexibility index (Phi) is 1.85. The van der Waals surface area contributed by atoms with Gasteiger partial charge in [0.1, 0.15) is 4.60 Å². The van der Waals surface area contributed by atoms with Crippen LogP contribution in [0, 0.1) is 0 Å². The number of aromatic nitrogens is 2. The van der Waals surface area contributed by atoms with Gasteiger partial charge in [0.25, 0.3) is 0 Å². The van der Waals surface area contributed by atoms with Crippen LogP contribution < -0.4 is 0 Å². The standard InChI is InChI=1S/C8H6BrClN2/c1-12-8(9)6-3-2-5(10)4-7(6)11-12/h2-4H,1H3. The molecule has 2 rings (SSSR count). The summed E-state index contributed by atoms with van der Waals surface area (Å²) in [5, 5.41) is 6.06. The summed E-state index contributed by atoms with van der Waals surface area (Å²) < 4.78 is 2.76. The number of fused-ring (bicyclic) bond motifs is 1. The van der Waals surface area contributed by atoms with Crippen molar-refractivity contribution in [3.63, 3.8) is 0 Å². The van der Waals surface area contributed by atoms with Gasteiger partial charge in [0.2, 0.25) is 0 Å². The average molecular weight is 246 g/mol. The summed E-state index contributed by atoms with van der Waals surface area (Å²) in [5.74, 6) is 0. The molecule has 0 saturated heterocycles. The highest BCUT2D eigenvalue weighted by molar-refractivity contribution is 9.10. The van der Waals surface area contributed by atoms with Crippen LogP contribution in [0.1, 0.15) is 0 Å². The highest BCUT2D eigenvalue weighted by atomic mass is 79.9. The van der Waals surface area contributed by atoms with Crippen LogP contribution in [0.5, 0.6) is 0 Å². The van der Waals surface area contributed by atoms with Gasteiger partial charge in [0.15, 0.2) is 0 Å². The molecule has 0 fully saturated rings. The van der Waals surface area contributed by atoms with E-state index in [0.29, 0.717) is 5.02 Å². The van der Waals surface area contributed by atoms with Crippen LogP contribution in [-0.4, -0.2) is 9.78 Å². The van der Waals surface area contributed by atoms with E-state index >= 15 is 0 Å². The number of benzene rings is 1. The molecule has 1 heterocycles. The molecule has 1 aromatic carbocycles. The van der Waals surface area contributed by atoms with Crippen molar-refractivity contribution < 1.29 is 0 Å². The van der Waals surface area contributed by atoms with Crippen molar-refractivity contribution in [3.8, 4) is 0 Å². The number of aryl methyl sites for hydroxylation is 1. The third kappa shape index (κ3) is 1.13. The number of halogens is 2. The Morgan fingerprint density at radius 3 is 3.00 bits per heavy atom. The lowest BCUT2D eigenvalue weighted by Gasteiger charge is -1.89. The molecule has 0 spiro atoms. The molecule has 1 aromatic heterocycles. The monoisotopic (exact) mass is 244 g/mol. The fraction of sp³-hybridized carbons (Fsp3) is 0.125. The summed E-state index contributed by atoms with van der Waals surface area (Å²) >= 11 is 9.25. The Hall–Kier alpha value is -0.540. The van der Waals surface area contributed by atoms with E-state index in [9.17, 15) is 0 Å². The van der Waals surface area contributed by atoms with Gasteiger partial charge in [-0.15, -0.1) is 0 Å². The van der Waals surface area contributed by atoms with Gasteiger partial charge in [-0.1, -0.05) is 11.6 Å². The second-order valence-corrected chi connectivity index (χ2v) is 3.76. The number of hydrogen-bond donors (Lipinski definition) is 0. The van der Waals surface area contributed by atoms with E-state index in [-0.39, 0.29) is 0 Å². The third-order valence-electron chi connectivity index (χ3n) is 1.72. The maximum absolute atomic E-state index is 5.82. The highest BCUT2D eigenvalue weighted by Gasteiger charge is 2.04. The molecule has 62 valence electrons. The smallest absolute Gasteiger partial charge is 0.111 e. The molecule has 0 N–H and O–H groups in total. The van der Waals surface area contributed by atoms with Crippen molar-refractivity contribution in [1.29, 1.82) is 0 Å². The average Bonchev–Trinajstić information content (AvgIpc) is 2.28. The van der Waals surface area contributed by atoms with Crippen LogP contribution in [0.25, 0.3) is 10.9 Å². The predicted octanol–water partition coefficient (Wildman–Crippen LogP) is 2.99. The zero-order chi connectivity index (χ0) is 8.72. The Morgan fingerprint density at radius 2 is 2.25 bits per heavy atom. The van der Waals surface area contributed by atoms with Crippen LogP contribution in [0.3, 0.4) is 0 Å². The van der Waals surface area contributed by atoms with E-state index in [0.717, 1.165) is 15.5 Å². The first-order valence-corrected chi connectivity index (χ1v) is 4.63. The van der Waals surface area contributed by atoms with Crippen molar-refractivity contribution >= 4 is 38.4 Å². The minimum atomic E-state index is 0.716. The zero-order valence-electron chi connectivity index (χ0n) is 6.38. The molecule has 0 bridgehead atoms. The quantitative estimate of drug-likeness (QED) is 0.698. The lowest BCUT2D eigenvalue weighted by Crippen LogP contribution is -1.88. The van der Waals surface area contributed by atoms with Gasteiger partial charge in [-0.3, -0.25) is 4.68 Å². The molecule has 0 aliphatic carbocycles. The van der Waals surface area contributed by atoms with Gasteiger partial charge in [0, 0.05) is 17.5 Å². The van der Waals surface area contributed by atoms with Crippen LogP contribution in [0.4, 0.5) is 0 Å². The fourth-order valence-corrected chi connectivity index (χ4v) is 1.72. The van der Waals surface area contributed by atoms with Gasteiger partial charge in [-0.25, -0.2) is 0 Å². The number of rotatable bonds is 0. The first kappa shape index (κ1) is 8.08.